The molecule has 4 aromatic rings. The number of fused-ring (bicyclic) bond motifs is 2. The molecule has 0 spiro atoms. The minimum Gasteiger partial charge on any atom is -0.464 e. The van der Waals surface area contributed by atoms with Crippen LogP contribution in [-0.2, 0) is 19.0 Å². The fourth-order valence-electron chi connectivity index (χ4n) is 8.03. The number of halogens is 3. The van der Waals surface area contributed by atoms with Crippen molar-refractivity contribution in [3.63, 3.8) is 0 Å². The largest absolute Gasteiger partial charge is 0.464 e. The molecule has 2 aromatic carbocycles. The second-order valence-electron chi connectivity index (χ2n) is 14.9. The number of para-hydroxylation sites is 1. The van der Waals surface area contributed by atoms with E-state index in [-0.39, 0.29) is 0 Å². The molecule has 0 bridgehead atoms. The van der Waals surface area contributed by atoms with Gasteiger partial charge in [0.15, 0.2) is 0 Å². The number of rotatable bonds is 8. The average molecular weight is 722 g/mol. The van der Waals surface area contributed by atoms with E-state index in [0.717, 1.165) is 65.2 Å². The summed E-state index contributed by atoms with van der Waals surface area (Å²) in [7, 11) is 0. The number of nitrogens with two attached hydrogens (primary N) is 2. The van der Waals surface area contributed by atoms with Crippen molar-refractivity contribution in [2.24, 2.45) is 47.0 Å². The predicted octanol–water partition coefficient (Wildman–Crippen LogP) is 12.7. The van der Waals surface area contributed by atoms with E-state index in [9.17, 15) is 13.2 Å². The zero-order chi connectivity index (χ0) is 38.1. The second-order valence-corrected chi connectivity index (χ2v) is 14.9. The standard InChI is InChI=1S/2C12H22.C11H11F3N2.C10H11NO/c2*1-4-6-11-8-7-10(3)12(5-2)9-11;12-11(13,14)8-1-2-10-9(5-8)7(3-4-15)6-16-10;11-6-5-8-7-12-10-4-2-1-3-9(8)10/h2*4,6,10-12H,5,7-9H2,1-3H3;1-2,5-6,16H,3-4,15H2;1-4,7H,5-6,11H2/b2*6-4-;;. The summed E-state index contributed by atoms with van der Waals surface area (Å²) in [6.07, 6.45) is 21.2. The number of nitrogens with one attached hydrogen (secondary N) is 1. The molecule has 2 heterocycles. The second kappa shape index (κ2) is 22.0. The molecule has 6 unspecified atom stereocenters. The first-order valence-electron chi connectivity index (χ1n) is 19.8. The summed E-state index contributed by atoms with van der Waals surface area (Å²) in [5.41, 5.74) is 13.9. The highest BCUT2D eigenvalue weighted by Crippen LogP contribution is 2.37. The van der Waals surface area contributed by atoms with E-state index in [1.54, 1.807) is 12.5 Å². The van der Waals surface area contributed by atoms with Gasteiger partial charge < -0.3 is 20.9 Å². The molecule has 6 atom stereocenters. The van der Waals surface area contributed by atoms with Gasteiger partial charge in [-0.1, -0.05) is 83.0 Å². The molecule has 0 amide bonds. The summed E-state index contributed by atoms with van der Waals surface area (Å²) in [4.78, 5) is 2.93. The lowest BCUT2D eigenvalue weighted by atomic mass is 9.74. The Hall–Kier alpha value is -3.29. The number of alkyl halides is 3. The first-order chi connectivity index (χ1) is 25.0. The van der Waals surface area contributed by atoms with E-state index in [2.05, 4.69) is 76.9 Å². The number of furan rings is 1. The summed E-state index contributed by atoms with van der Waals surface area (Å²) in [6, 6.07) is 11.7. The van der Waals surface area contributed by atoms with Crippen LogP contribution < -0.4 is 11.5 Å². The van der Waals surface area contributed by atoms with Crippen LogP contribution in [-0.4, -0.2) is 18.1 Å². The number of benzene rings is 2. The minimum absolute atomic E-state index is 0.420. The summed E-state index contributed by atoms with van der Waals surface area (Å²) >= 11 is 0. The van der Waals surface area contributed by atoms with Gasteiger partial charge >= 0.3 is 6.18 Å². The summed E-state index contributed by atoms with van der Waals surface area (Å²) < 4.78 is 42.9. The molecule has 2 aliphatic carbocycles. The number of hydrogen-bond donors (Lipinski definition) is 3. The lowest BCUT2D eigenvalue weighted by Crippen LogP contribution is -2.21. The SMILES string of the molecule is C/C=C\C1CCC(C)C(CC)C1.C/C=C\C1CCC(C)C(CC)C1.NCCc1c[nH]c2ccc(C(F)(F)F)cc12.NCCc1coc2ccccc12. The van der Waals surface area contributed by atoms with Crippen LogP contribution in [0, 0.1) is 35.5 Å². The van der Waals surface area contributed by atoms with Crippen molar-refractivity contribution in [1.29, 1.82) is 0 Å². The van der Waals surface area contributed by atoms with E-state index in [0.29, 0.717) is 30.4 Å². The Bertz CT molecular complexity index is 1600. The third-order valence-corrected chi connectivity index (χ3v) is 11.3. The van der Waals surface area contributed by atoms with Crippen molar-refractivity contribution in [2.45, 2.75) is 112 Å². The molecular weight excluding hydrogens is 656 g/mol. The molecule has 6 rings (SSSR count). The minimum atomic E-state index is -4.30. The van der Waals surface area contributed by atoms with Gasteiger partial charge in [0.05, 0.1) is 11.8 Å². The summed E-state index contributed by atoms with van der Waals surface area (Å²) in [6.45, 7) is 14.9. The van der Waals surface area contributed by atoms with Gasteiger partial charge in [-0.15, -0.1) is 0 Å². The topological polar surface area (TPSA) is 81.0 Å². The van der Waals surface area contributed by atoms with E-state index in [1.165, 1.54) is 68.4 Å². The monoisotopic (exact) mass is 722 g/mol. The van der Waals surface area contributed by atoms with E-state index in [4.69, 9.17) is 15.9 Å². The van der Waals surface area contributed by atoms with Crippen LogP contribution in [0.2, 0.25) is 0 Å². The van der Waals surface area contributed by atoms with Crippen molar-refractivity contribution >= 4 is 21.9 Å². The Morgan fingerprint density at radius 3 is 1.85 bits per heavy atom. The van der Waals surface area contributed by atoms with Crippen molar-refractivity contribution in [2.75, 3.05) is 13.1 Å². The van der Waals surface area contributed by atoms with Crippen LogP contribution in [0.25, 0.3) is 21.9 Å². The van der Waals surface area contributed by atoms with Crippen molar-refractivity contribution in [3.8, 4) is 0 Å². The maximum absolute atomic E-state index is 12.5. The van der Waals surface area contributed by atoms with Crippen LogP contribution in [0.3, 0.4) is 0 Å². The fraction of sp³-hybridized carbons (Fsp3) is 0.556. The van der Waals surface area contributed by atoms with Gasteiger partial charge in [-0.05, 0) is 149 Å². The molecule has 2 saturated carbocycles. The van der Waals surface area contributed by atoms with Gasteiger partial charge in [0.25, 0.3) is 0 Å². The van der Waals surface area contributed by atoms with Gasteiger partial charge in [0.1, 0.15) is 5.58 Å². The molecule has 0 aliphatic heterocycles. The molecule has 4 nitrogen and oxygen atoms in total. The van der Waals surface area contributed by atoms with Gasteiger partial charge in [0.2, 0.25) is 0 Å². The maximum Gasteiger partial charge on any atom is 0.416 e. The highest BCUT2D eigenvalue weighted by molar-refractivity contribution is 5.84. The Balaban J connectivity index is 0.000000189. The average Bonchev–Trinajstić information content (AvgIpc) is 3.74. The molecule has 0 radical (unpaired) electrons. The van der Waals surface area contributed by atoms with Crippen LogP contribution in [0.1, 0.15) is 110 Å². The quantitative estimate of drug-likeness (QED) is 0.158. The number of aromatic amines is 1. The molecule has 52 heavy (non-hydrogen) atoms. The lowest BCUT2D eigenvalue weighted by Gasteiger charge is -2.32. The molecule has 5 N–H and O–H groups in total. The molecule has 2 aromatic heterocycles. The maximum atomic E-state index is 12.5. The number of hydrogen-bond acceptors (Lipinski definition) is 3. The van der Waals surface area contributed by atoms with E-state index < -0.39 is 11.7 Å². The smallest absolute Gasteiger partial charge is 0.416 e. The van der Waals surface area contributed by atoms with Gasteiger partial charge in [-0.3, -0.25) is 0 Å². The zero-order valence-electron chi connectivity index (χ0n) is 32.7. The molecule has 2 aliphatic rings. The number of H-pyrrole nitrogens is 1. The molecular formula is C45H66F3N3O. The third-order valence-electron chi connectivity index (χ3n) is 11.3. The van der Waals surface area contributed by atoms with Gasteiger partial charge in [0, 0.05) is 22.5 Å². The Morgan fingerprint density at radius 2 is 1.33 bits per heavy atom. The van der Waals surface area contributed by atoms with Crippen LogP contribution in [0.4, 0.5) is 13.2 Å². The molecule has 288 valence electrons. The first-order valence-corrected chi connectivity index (χ1v) is 19.8. The van der Waals surface area contributed by atoms with Crippen LogP contribution >= 0.6 is 0 Å². The first kappa shape index (κ1) is 43.1. The van der Waals surface area contributed by atoms with E-state index >= 15 is 0 Å². The van der Waals surface area contributed by atoms with Crippen LogP contribution in [0.15, 0.2) is 83.6 Å². The number of allylic oxidation sites excluding steroid dienone is 4. The highest BCUT2D eigenvalue weighted by atomic mass is 19.4. The van der Waals surface area contributed by atoms with E-state index in [1.807, 2.05) is 18.2 Å². The molecule has 2 fully saturated rings. The zero-order valence-corrected chi connectivity index (χ0v) is 32.7. The normalized spacial score (nSPS) is 23.5. The summed E-state index contributed by atoms with van der Waals surface area (Å²) in [5.74, 6) is 5.68. The third kappa shape index (κ3) is 13.0. The molecule has 0 saturated heterocycles. The predicted molar refractivity (Wildman–Crippen MR) is 215 cm³/mol. The van der Waals surface area contributed by atoms with Crippen molar-refractivity contribution < 1.29 is 17.6 Å². The van der Waals surface area contributed by atoms with Crippen LogP contribution in [0.5, 0.6) is 0 Å². The molecule has 7 heteroatoms. The Labute approximate surface area is 311 Å². The highest BCUT2D eigenvalue weighted by Gasteiger charge is 2.31. The lowest BCUT2D eigenvalue weighted by molar-refractivity contribution is -0.137. The number of aromatic nitrogens is 1. The fourth-order valence-corrected chi connectivity index (χ4v) is 8.03. The van der Waals surface area contributed by atoms with Crippen molar-refractivity contribution in [1.82, 2.24) is 4.98 Å². The van der Waals surface area contributed by atoms with Crippen molar-refractivity contribution in [3.05, 3.63) is 95.9 Å². The van der Waals surface area contributed by atoms with Gasteiger partial charge in [-0.25, -0.2) is 0 Å². The Kier molecular flexibility index (Phi) is 18.3. The Morgan fingerprint density at radius 1 is 0.769 bits per heavy atom. The van der Waals surface area contributed by atoms with Gasteiger partial charge in [-0.2, -0.15) is 13.2 Å². The summed E-state index contributed by atoms with van der Waals surface area (Å²) in [5, 5.41) is 1.78.